The van der Waals surface area contributed by atoms with Crippen LogP contribution in [0.25, 0.3) is 0 Å². The van der Waals surface area contributed by atoms with Gasteiger partial charge in [-0.1, -0.05) is 19.8 Å². The van der Waals surface area contributed by atoms with Gasteiger partial charge in [-0.15, -0.1) is 0 Å². The first-order chi connectivity index (χ1) is 10.3. The maximum Gasteiger partial charge on any atom is 0.0710 e. The molecule has 1 unspecified atom stereocenters. The molecule has 3 aliphatic rings. The van der Waals surface area contributed by atoms with Crippen LogP contribution in [-0.2, 0) is 4.74 Å². The van der Waals surface area contributed by atoms with Gasteiger partial charge in [0.1, 0.15) is 0 Å². The molecule has 21 heavy (non-hydrogen) atoms. The van der Waals surface area contributed by atoms with Gasteiger partial charge in [0.25, 0.3) is 0 Å². The van der Waals surface area contributed by atoms with Gasteiger partial charge in [0, 0.05) is 6.54 Å². The number of rotatable bonds is 6. The van der Waals surface area contributed by atoms with Gasteiger partial charge in [0.2, 0.25) is 0 Å². The standard InChI is InChI=1S/C18H34N2O/c1-2-11-19-14-16-6-12-20(13-7-16)15-17-5-10-18(21-17)8-3-4-9-18/h16-17,19H,2-15H2,1H3. The van der Waals surface area contributed by atoms with Crippen LogP contribution in [-0.4, -0.2) is 49.3 Å². The zero-order valence-electron chi connectivity index (χ0n) is 13.9. The van der Waals surface area contributed by atoms with Crippen LogP contribution in [0.2, 0.25) is 0 Å². The minimum absolute atomic E-state index is 0.313. The van der Waals surface area contributed by atoms with Crippen molar-refractivity contribution in [3.63, 3.8) is 0 Å². The highest BCUT2D eigenvalue weighted by Gasteiger charge is 2.42. The van der Waals surface area contributed by atoms with Crippen molar-refractivity contribution in [3.05, 3.63) is 0 Å². The zero-order chi connectivity index (χ0) is 14.5. The molecule has 0 aromatic rings. The quantitative estimate of drug-likeness (QED) is 0.761. The second kappa shape index (κ2) is 7.43. The van der Waals surface area contributed by atoms with Crippen molar-refractivity contribution in [2.75, 3.05) is 32.7 Å². The molecule has 1 N–H and O–H groups in total. The zero-order valence-corrected chi connectivity index (χ0v) is 13.9. The predicted molar refractivity (Wildman–Crippen MR) is 87.6 cm³/mol. The van der Waals surface area contributed by atoms with E-state index in [1.807, 2.05) is 0 Å². The lowest BCUT2D eigenvalue weighted by Crippen LogP contribution is -2.41. The average Bonchev–Trinajstić information content (AvgIpc) is 3.12. The Hall–Kier alpha value is -0.120. The minimum atomic E-state index is 0.313. The molecule has 2 heterocycles. The SMILES string of the molecule is CCCNCC1CCN(CC2CCC3(CCCC3)O2)CC1. The molecule has 3 rings (SSSR count). The van der Waals surface area contributed by atoms with Crippen molar-refractivity contribution in [2.24, 2.45) is 5.92 Å². The summed E-state index contributed by atoms with van der Waals surface area (Å²) >= 11 is 0. The van der Waals surface area contributed by atoms with Crippen LogP contribution in [0.1, 0.15) is 64.7 Å². The molecule has 0 aromatic heterocycles. The first-order valence-corrected chi connectivity index (χ1v) is 9.40. The summed E-state index contributed by atoms with van der Waals surface area (Å²) in [4.78, 5) is 2.66. The molecule has 3 heteroatoms. The molecule has 1 aliphatic carbocycles. The lowest BCUT2D eigenvalue weighted by Gasteiger charge is -2.34. The van der Waals surface area contributed by atoms with Crippen LogP contribution in [0.3, 0.4) is 0 Å². The first kappa shape index (κ1) is 15.8. The number of nitrogens with one attached hydrogen (secondary N) is 1. The van der Waals surface area contributed by atoms with E-state index in [9.17, 15) is 0 Å². The van der Waals surface area contributed by atoms with Crippen LogP contribution in [0.15, 0.2) is 0 Å². The Kier molecular flexibility index (Phi) is 5.58. The Bertz CT molecular complexity index is 306. The molecule has 3 nitrogen and oxygen atoms in total. The summed E-state index contributed by atoms with van der Waals surface area (Å²) < 4.78 is 6.46. The summed E-state index contributed by atoms with van der Waals surface area (Å²) in [6, 6.07) is 0. The highest BCUT2D eigenvalue weighted by molar-refractivity contribution is 4.93. The Labute approximate surface area is 130 Å². The van der Waals surface area contributed by atoms with E-state index in [4.69, 9.17) is 4.74 Å². The number of hydrogen-bond acceptors (Lipinski definition) is 3. The monoisotopic (exact) mass is 294 g/mol. The van der Waals surface area contributed by atoms with E-state index in [1.165, 1.54) is 90.5 Å². The first-order valence-electron chi connectivity index (χ1n) is 9.40. The third kappa shape index (κ3) is 4.20. The van der Waals surface area contributed by atoms with Gasteiger partial charge in [-0.2, -0.15) is 0 Å². The lowest BCUT2D eigenvalue weighted by atomic mass is 9.96. The lowest BCUT2D eigenvalue weighted by molar-refractivity contribution is -0.0498. The fourth-order valence-corrected chi connectivity index (χ4v) is 4.56. The normalized spacial score (nSPS) is 30.4. The van der Waals surface area contributed by atoms with E-state index in [-0.39, 0.29) is 0 Å². The largest absolute Gasteiger partial charge is 0.370 e. The number of likely N-dealkylation sites (tertiary alicyclic amines) is 1. The van der Waals surface area contributed by atoms with Gasteiger partial charge in [-0.25, -0.2) is 0 Å². The molecule has 2 aliphatic heterocycles. The second-order valence-electron chi connectivity index (χ2n) is 7.62. The molecular weight excluding hydrogens is 260 g/mol. The molecule has 0 aromatic carbocycles. The molecule has 1 atom stereocenters. The summed E-state index contributed by atoms with van der Waals surface area (Å²) in [7, 11) is 0. The number of ether oxygens (including phenoxy) is 1. The van der Waals surface area contributed by atoms with Crippen LogP contribution in [0, 0.1) is 5.92 Å². The van der Waals surface area contributed by atoms with E-state index in [1.54, 1.807) is 0 Å². The van der Waals surface area contributed by atoms with Crippen molar-refractivity contribution in [1.82, 2.24) is 10.2 Å². The van der Waals surface area contributed by atoms with E-state index in [0.717, 1.165) is 5.92 Å². The molecule has 0 amide bonds. The predicted octanol–water partition coefficient (Wildman–Crippen LogP) is 3.19. The van der Waals surface area contributed by atoms with Crippen molar-refractivity contribution in [2.45, 2.75) is 76.4 Å². The highest BCUT2D eigenvalue weighted by Crippen LogP contribution is 2.43. The third-order valence-electron chi connectivity index (χ3n) is 5.88. The molecule has 3 fully saturated rings. The van der Waals surface area contributed by atoms with E-state index in [2.05, 4.69) is 17.1 Å². The number of piperidine rings is 1. The smallest absolute Gasteiger partial charge is 0.0710 e. The van der Waals surface area contributed by atoms with Gasteiger partial charge in [0.15, 0.2) is 0 Å². The minimum Gasteiger partial charge on any atom is -0.370 e. The van der Waals surface area contributed by atoms with Gasteiger partial charge in [-0.3, -0.25) is 0 Å². The molecule has 0 bridgehead atoms. The summed E-state index contributed by atoms with van der Waals surface area (Å²) in [5.74, 6) is 0.901. The van der Waals surface area contributed by atoms with E-state index in [0.29, 0.717) is 11.7 Å². The fourth-order valence-electron chi connectivity index (χ4n) is 4.56. The van der Waals surface area contributed by atoms with Crippen molar-refractivity contribution < 1.29 is 4.74 Å². The summed E-state index contributed by atoms with van der Waals surface area (Å²) in [6.07, 6.45) is 12.6. The molecule has 122 valence electrons. The fraction of sp³-hybridized carbons (Fsp3) is 1.00. The van der Waals surface area contributed by atoms with Crippen molar-refractivity contribution in [3.8, 4) is 0 Å². The Balaban J connectivity index is 1.34. The van der Waals surface area contributed by atoms with Crippen molar-refractivity contribution >= 4 is 0 Å². The van der Waals surface area contributed by atoms with Gasteiger partial charge in [-0.05, 0) is 77.0 Å². The topological polar surface area (TPSA) is 24.5 Å². The van der Waals surface area contributed by atoms with Gasteiger partial charge >= 0.3 is 0 Å². The third-order valence-corrected chi connectivity index (χ3v) is 5.88. The average molecular weight is 294 g/mol. The highest BCUT2D eigenvalue weighted by atomic mass is 16.5. The maximum atomic E-state index is 6.46. The summed E-state index contributed by atoms with van der Waals surface area (Å²) in [5.41, 5.74) is 0.313. The van der Waals surface area contributed by atoms with Crippen LogP contribution in [0.5, 0.6) is 0 Å². The summed E-state index contributed by atoms with van der Waals surface area (Å²) in [5, 5.41) is 3.58. The summed E-state index contributed by atoms with van der Waals surface area (Å²) in [6.45, 7) is 8.41. The van der Waals surface area contributed by atoms with Crippen LogP contribution in [0.4, 0.5) is 0 Å². The number of nitrogens with zero attached hydrogens (tertiary/aromatic N) is 1. The molecular formula is C18H34N2O. The molecule has 1 spiro atoms. The molecule has 0 radical (unpaired) electrons. The van der Waals surface area contributed by atoms with E-state index < -0.39 is 0 Å². The van der Waals surface area contributed by atoms with Gasteiger partial charge < -0.3 is 15.0 Å². The van der Waals surface area contributed by atoms with Crippen LogP contribution >= 0.6 is 0 Å². The second-order valence-corrected chi connectivity index (χ2v) is 7.62. The number of hydrogen-bond donors (Lipinski definition) is 1. The molecule has 1 saturated carbocycles. The van der Waals surface area contributed by atoms with Crippen molar-refractivity contribution in [1.29, 1.82) is 0 Å². The van der Waals surface area contributed by atoms with E-state index >= 15 is 0 Å². The Morgan fingerprint density at radius 2 is 1.86 bits per heavy atom. The Morgan fingerprint density at radius 1 is 1.10 bits per heavy atom. The van der Waals surface area contributed by atoms with Crippen LogP contribution < -0.4 is 5.32 Å². The van der Waals surface area contributed by atoms with Gasteiger partial charge in [0.05, 0.1) is 11.7 Å². The Morgan fingerprint density at radius 3 is 2.57 bits per heavy atom. The molecule has 2 saturated heterocycles. The maximum absolute atomic E-state index is 6.46.